The molecule has 0 bridgehead atoms. The van der Waals surface area contributed by atoms with Crippen LogP contribution in [-0.2, 0) is 10.2 Å². The number of hydrogen-bond donors (Lipinski definition) is 1. The van der Waals surface area contributed by atoms with Gasteiger partial charge < -0.3 is 9.73 Å². The smallest absolute Gasteiger partial charge is 0.229 e. The van der Waals surface area contributed by atoms with Crippen molar-refractivity contribution in [3.63, 3.8) is 0 Å². The Balaban J connectivity index is 2.01. The maximum atomic E-state index is 12.5. The fourth-order valence-electron chi connectivity index (χ4n) is 2.83. The summed E-state index contributed by atoms with van der Waals surface area (Å²) in [4.78, 5) is 24.8. The number of hydrogen-bond acceptors (Lipinski definition) is 3. The van der Waals surface area contributed by atoms with Crippen LogP contribution in [0.25, 0.3) is 22.3 Å². The highest BCUT2D eigenvalue weighted by atomic mass is 16.3. The first-order chi connectivity index (χ1) is 12.9. The maximum absolute atomic E-state index is 12.5. The third-order valence-electron chi connectivity index (χ3n) is 4.70. The van der Waals surface area contributed by atoms with E-state index in [0.717, 1.165) is 5.56 Å². The van der Waals surface area contributed by atoms with Gasteiger partial charge in [-0.15, -0.1) is 0 Å². The van der Waals surface area contributed by atoms with E-state index in [9.17, 15) is 9.59 Å². The van der Waals surface area contributed by atoms with Crippen LogP contribution >= 0.6 is 0 Å². The summed E-state index contributed by atoms with van der Waals surface area (Å²) in [7, 11) is 0. The number of carbonyl (C=O) groups excluding carboxylic acids is 1. The Kier molecular flexibility index (Phi) is 4.92. The zero-order chi connectivity index (χ0) is 20.7. The average Bonchev–Trinajstić information content (AvgIpc) is 2.60. The molecule has 1 heterocycles. The lowest BCUT2D eigenvalue weighted by molar-refractivity contribution is -0.123. The van der Waals surface area contributed by atoms with Crippen molar-refractivity contribution in [2.24, 2.45) is 5.41 Å². The van der Waals surface area contributed by atoms with Gasteiger partial charge in [0.05, 0.1) is 5.39 Å². The zero-order valence-corrected chi connectivity index (χ0v) is 17.3. The van der Waals surface area contributed by atoms with Crippen molar-refractivity contribution in [3.8, 4) is 11.3 Å². The zero-order valence-electron chi connectivity index (χ0n) is 17.3. The molecule has 3 rings (SSSR count). The highest BCUT2D eigenvalue weighted by Crippen LogP contribution is 2.28. The summed E-state index contributed by atoms with van der Waals surface area (Å²) in [5.41, 5.74) is 2.56. The lowest BCUT2D eigenvalue weighted by atomic mass is 9.86. The number of nitrogens with one attached hydrogen (secondary N) is 1. The topological polar surface area (TPSA) is 59.3 Å². The van der Waals surface area contributed by atoms with Gasteiger partial charge in [-0.2, -0.15) is 0 Å². The monoisotopic (exact) mass is 377 g/mol. The number of fused-ring (bicyclic) bond motifs is 1. The summed E-state index contributed by atoms with van der Waals surface area (Å²) in [5, 5.41) is 3.37. The molecular weight excluding hydrogens is 350 g/mol. The highest BCUT2D eigenvalue weighted by Gasteiger charge is 2.21. The van der Waals surface area contributed by atoms with Crippen LogP contribution in [0.4, 0.5) is 5.69 Å². The van der Waals surface area contributed by atoms with E-state index in [0.29, 0.717) is 22.4 Å². The minimum atomic E-state index is -0.507. The maximum Gasteiger partial charge on any atom is 0.229 e. The van der Waals surface area contributed by atoms with Crippen LogP contribution in [0.15, 0.2) is 57.7 Å². The van der Waals surface area contributed by atoms with E-state index in [4.69, 9.17) is 4.42 Å². The number of anilines is 1. The highest BCUT2D eigenvalue weighted by molar-refractivity contribution is 5.96. The van der Waals surface area contributed by atoms with Gasteiger partial charge in [0.2, 0.25) is 5.91 Å². The molecule has 0 fully saturated rings. The molecule has 1 aromatic heterocycles. The average molecular weight is 377 g/mol. The minimum Gasteiger partial charge on any atom is -0.456 e. The summed E-state index contributed by atoms with van der Waals surface area (Å²) in [6.45, 7) is 12.0. The summed E-state index contributed by atoms with van der Waals surface area (Å²) in [6, 6.07) is 14.7. The van der Waals surface area contributed by atoms with Crippen LogP contribution in [0.2, 0.25) is 0 Å². The normalized spacial score (nSPS) is 12.2. The van der Waals surface area contributed by atoms with Gasteiger partial charge in [0.15, 0.2) is 5.43 Å². The number of benzene rings is 2. The van der Waals surface area contributed by atoms with E-state index < -0.39 is 5.41 Å². The van der Waals surface area contributed by atoms with Crippen LogP contribution in [0.1, 0.15) is 47.1 Å². The first kappa shape index (κ1) is 19.9. The molecule has 0 unspecified atom stereocenters. The summed E-state index contributed by atoms with van der Waals surface area (Å²) < 4.78 is 6.01. The van der Waals surface area contributed by atoms with E-state index in [-0.39, 0.29) is 16.8 Å². The van der Waals surface area contributed by atoms with E-state index >= 15 is 0 Å². The molecule has 1 N–H and O–H groups in total. The Morgan fingerprint density at radius 1 is 0.893 bits per heavy atom. The van der Waals surface area contributed by atoms with Crippen molar-refractivity contribution < 1.29 is 9.21 Å². The quantitative estimate of drug-likeness (QED) is 0.619. The van der Waals surface area contributed by atoms with Crippen molar-refractivity contribution >= 4 is 22.6 Å². The lowest BCUT2D eigenvalue weighted by Gasteiger charge is -2.19. The molecule has 28 heavy (non-hydrogen) atoms. The molecule has 0 atom stereocenters. The molecule has 1 amide bonds. The van der Waals surface area contributed by atoms with E-state index in [2.05, 4.69) is 38.2 Å². The molecule has 2 aromatic carbocycles. The molecule has 0 aliphatic rings. The molecule has 4 nitrogen and oxygen atoms in total. The fourth-order valence-corrected chi connectivity index (χ4v) is 2.83. The molecule has 0 aliphatic heterocycles. The Morgan fingerprint density at radius 2 is 1.54 bits per heavy atom. The Labute approximate surface area is 165 Å². The predicted molar refractivity (Wildman–Crippen MR) is 115 cm³/mol. The van der Waals surface area contributed by atoms with Crippen LogP contribution in [0, 0.1) is 5.41 Å². The van der Waals surface area contributed by atoms with Crippen molar-refractivity contribution in [1.29, 1.82) is 0 Å². The molecule has 0 saturated carbocycles. The van der Waals surface area contributed by atoms with Gasteiger partial charge in [-0.05, 0) is 23.1 Å². The molecule has 4 heteroatoms. The molecule has 0 saturated heterocycles. The third-order valence-corrected chi connectivity index (χ3v) is 4.70. The van der Waals surface area contributed by atoms with Crippen molar-refractivity contribution in [3.05, 3.63) is 64.3 Å². The minimum absolute atomic E-state index is 0.0584. The summed E-state index contributed by atoms with van der Waals surface area (Å²) in [6.07, 6.45) is 0. The molecule has 0 radical (unpaired) electrons. The van der Waals surface area contributed by atoms with Crippen molar-refractivity contribution in [2.75, 3.05) is 5.32 Å². The van der Waals surface area contributed by atoms with Crippen LogP contribution < -0.4 is 10.7 Å². The summed E-state index contributed by atoms with van der Waals surface area (Å²) in [5.74, 6) is 0.417. The lowest BCUT2D eigenvalue weighted by Crippen LogP contribution is -2.27. The first-order valence-electron chi connectivity index (χ1n) is 9.45. The summed E-state index contributed by atoms with van der Waals surface area (Å²) >= 11 is 0. The van der Waals surface area contributed by atoms with Crippen LogP contribution in [0.3, 0.4) is 0 Å². The second kappa shape index (κ2) is 6.93. The van der Waals surface area contributed by atoms with Gasteiger partial charge in [-0.1, -0.05) is 65.8 Å². The van der Waals surface area contributed by atoms with Gasteiger partial charge >= 0.3 is 0 Å². The van der Waals surface area contributed by atoms with Crippen LogP contribution in [0.5, 0.6) is 0 Å². The second-order valence-electron chi connectivity index (χ2n) is 9.22. The Hall–Kier alpha value is -2.88. The van der Waals surface area contributed by atoms with Crippen LogP contribution in [-0.4, -0.2) is 5.91 Å². The Morgan fingerprint density at radius 3 is 2.11 bits per heavy atom. The van der Waals surface area contributed by atoms with Gasteiger partial charge in [0, 0.05) is 28.8 Å². The largest absolute Gasteiger partial charge is 0.456 e. The molecule has 0 aliphatic carbocycles. The van der Waals surface area contributed by atoms with Gasteiger partial charge in [0.25, 0.3) is 0 Å². The SMILES string of the molecule is CC(C)(C)C(=O)Nc1ccc2c(=O)cc(-c3ccc(C(C)(C)C)cc3)oc2c1. The molecule has 0 spiro atoms. The van der Waals surface area contributed by atoms with Gasteiger partial charge in [-0.25, -0.2) is 0 Å². The molecule has 3 aromatic rings. The predicted octanol–water partition coefficient (Wildman–Crippen LogP) is 5.74. The first-order valence-corrected chi connectivity index (χ1v) is 9.45. The number of rotatable bonds is 2. The van der Waals surface area contributed by atoms with E-state index in [1.807, 2.05) is 32.9 Å². The molecular formula is C24H27NO3. The molecule has 146 valence electrons. The van der Waals surface area contributed by atoms with Gasteiger partial charge in [0.1, 0.15) is 11.3 Å². The van der Waals surface area contributed by atoms with E-state index in [1.54, 1.807) is 18.2 Å². The van der Waals surface area contributed by atoms with E-state index in [1.165, 1.54) is 11.6 Å². The number of carbonyl (C=O) groups is 1. The fraction of sp³-hybridized carbons (Fsp3) is 0.333. The van der Waals surface area contributed by atoms with Gasteiger partial charge in [-0.3, -0.25) is 9.59 Å². The second-order valence-corrected chi connectivity index (χ2v) is 9.22. The van der Waals surface area contributed by atoms with Crippen molar-refractivity contribution in [1.82, 2.24) is 0 Å². The van der Waals surface area contributed by atoms with Crippen molar-refractivity contribution in [2.45, 2.75) is 47.0 Å². The number of amides is 1. The Bertz CT molecular complexity index is 1080. The third kappa shape index (κ3) is 4.16. The standard InChI is InChI=1S/C24H27NO3/c1-23(2,3)16-9-7-15(8-10-16)20-14-19(26)18-12-11-17(13-21(18)28-20)25-22(27)24(4,5)6/h7-14H,1-6H3,(H,25,27).